The van der Waals surface area contributed by atoms with E-state index in [4.69, 9.17) is 0 Å². The number of benzene rings is 1. The molecule has 2 rings (SSSR count). The molecule has 1 aromatic carbocycles. The lowest BCUT2D eigenvalue weighted by Gasteiger charge is -2.12. The van der Waals surface area contributed by atoms with Gasteiger partial charge in [0.25, 0.3) is 0 Å². The zero-order chi connectivity index (χ0) is 15.2. The van der Waals surface area contributed by atoms with E-state index in [9.17, 15) is 13.9 Å². The van der Waals surface area contributed by atoms with Gasteiger partial charge in [-0.15, -0.1) is 0 Å². The average Bonchev–Trinajstić information content (AvgIpc) is 2.84. The molecular formula is C15H18F2N2O2. The van der Waals surface area contributed by atoms with E-state index in [2.05, 4.69) is 10.1 Å². The van der Waals surface area contributed by atoms with Gasteiger partial charge in [0.1, 0.15) is 5.75 Å². The lowest BCUT2D eigenvalue weighted by molar-refractivity contribution is -0.0498. The second-order valence-corrected chi connectivity index (χ2v) is 4.78. The van der Waals surface area contributed by atoms with Crippen LogP contribution in [0.5, 0.6) is 5.75 Å². The molecule has 2 N–H and O–H groups in total. The Labute approximate surface area is 122 Å². The monoisotopic (exact) mass is 296 g/mol. The lowest BCUT2D eigenvalue weighted by Crippen LogP contribution is -2.20. The van der Waals surface area contributed by atoms with Gasteiger partial charge in [-0.3, -0.25) is 0 Å². The number of hydrogen-bond donors (Lipinski definition) is 2. The van der Waals surface area contributed by atoms with Crippen molar-refractivity contribution in [3.63, 3.8) is 0 Å². The summed E-state index contributed by atoms with van der Waals surface area (Å²) in [6.07, 6.45) is 3.25. The molecule has 1 atom stereocenters. The maximum atomic E-state index is 12.0. The van der Waals surface area contributed by atoms with E-state index in [1.165, 1.54) is 12.1 Å². The molecular weight excluding hydrogens is 278 g/mol. The number of ether oxygens (including phenoxy) is 1. The highest BCUT2D eigenvalue weighted by Crippen LogP contribution is 2.19. The molecule has 0 bridgehead atoms. The van der Waals surface area contributed by atoms with Crippen molar-refractivity contribution in [2.24, 2.45) is 7.05 Å². The number of aromatic nitrogens is 1. The highest BCUT2D eigenvalue weighted by atomic mass is 19.3. The molecule has 2 aromatic rings. The van der Waals surface area contributed by atoms with Gasteiger partial charge in [-0.25, -0.2) is 0 Å². The quantitative estimate of drug-likeness (QED) is 0.825. The Morgan fingerprint density at radius 1 is 1.24 bits per heavy atom. The molecule has 4 nitrogen and oxygen atoms in total. The third-order valence-electron chi connectivity index (χ3n) is 3.05. The molecule has 0 aliphatic heterocycles. The van der Waals surface area contributed by atoms with Crippen LogP contribution in [0, 0.1) is 0 Å². The first-order chi connectivity index (χ1) is 10.0. The molecule has 0 saturated carbocycles. The standard InChI is InChI=1S/C15H18F2N2O2/c1-19-7-6-11(10-19)8-18-9-14(20)12-2-4-13(5-3-12)21-15(16)17/h2-7,10,14-15,18,20H,8-9H2,1H3. The lowest BCUT2D eigenvalue weighted by atomic mass is 10.1. The van der Waals surface area contributed by atoms with E-state index >= 15 is 0 Å². The van der Waals surface area contributed by atoms with Gasteiger partial charge in [-0.2, -0.15) is 8.78 Å². The fourth-order valence-electron chi connectivity index (χ4n) is 2.01. The van der Waals surface area contributed by atoms with Crippen molar-refractivity contribution in [2.75, 3.05) is 6.54 Å². The number of nitrogens with one attached hydrogen (secondary N) is 1. The van der Waals surface area contributed by atoms with E-state index in [1.807, 2.05) is 30.1 Å². The fraction of sp³-hybridized carbons (Fsp3) is 0.333. The highest BCUT2D eigenvalue weighted by molar-refractivity contribution is 5.28. The van der Waals surface area contributed by atoms with Crippen molar-refractivity contribution in [3.05, 3.63) is 53.9 Å². The van der Waals surface area contributed by atoms with Gasteiger partial charge in [0.2, 0.25) is 0 Å². The first-order valence-electron chi connectivity index (χ1n) is 6.59. The molecule has 0 radical (unpaired) electrons. The predicted molar refractivity (Wildman–Crippen MR) is 75.2 cm³/mol. The number of aliphatic hydroxyl groups is 1. The zero-order valence-electron chi connectivity index (χ0n) is 11.7. The molecule has 6 heteroatoms. The van der Waals surface area contributed by atoms with Crippen LogP contribution < -0.4 is 10.1 Å². The van der Waals surface area contributed by atoms with E-state index in [0.717, 1.165) is 5.56 Å². The minimum absolute atomic E-state index is 0.0817. The summed E-state index contributed by atoms with van der Waals surface area (Å²) in [4.78, 5) is 0. The minimum atomic E-state index is -2.84. The highest BCUT2D eigenvalue weighted by Gasteiger charge is 2.09. The van der Waals surface area contributed by atoms with Gasteiger partial charge in [-0.1, -0.05) is 12.1 Å². The summed E-state index contributed by atoms with van der Waals surface area (Å²) >= 11 is 0. The molecule has 21 heavy (non-hydrogen) atoms. The molecule has 1 aromatic heterocycles. The second kappa shape index (κ2) is 7.19. The van der Waals surface area contributed by atoms with Gasteiger partial charge in [-0.05, 0) is 29.3 Å². The number of aliphatic hydroxyl groups excluding tert-OH is 1. The Bertz CT molecular complexity index is 555. The van der Waals surface area contributed by atoms with Gasteiger partial charge in [0.15, 0.2) is 0 Å². The van der Waals surface area contributed by atoms with Crippen LogP contribution >= 0.6 is 0 Å². The van der Waals surface area contributed by atoms with Crippen LogP contribution in [0.15, 0.2) is 42.7 Å². The Morgan fingerprint density at radius 2 is 1.95 bits per heavy atom. The van der Waals surface area contributed by atoms with E-state index in [1.54, 1.807) is 12.1 Å². The van der Waals surface area contributed by atoms with Crippen LogP contribution in [0.2, 0.25) is 0 Å². The third kappa shape index (κ3) is 4.84. The molecule has 0 spiro atoms. The smallest absolute Gasteiger partial charge is 0.387 e. The maximum Gasteiger partial charge on any atom is 0.387 e. The van der Waals surface area contributed by atoms with Crippen LogP contribution in [-0.4, -0.2) is 22.8 Å². The van der Waals surface area contributed by atoms with Crippen molar-refractivity contribution >= 4 is 0 Å². The van der Waals surface area contributed by atoms with Gasteiger partial charge in [0.05, 0.1) is 6.10 Å². The zero-order valence-corrected chi connectivity index (χ0v) is 11.7. The van der Waals surface area contributed by atoms with Crippen LogP contribution in [0.25, 0.3) is 0 Å². The fourth-order valence-corrected chi connectivity index (χ4v) is 2.01. The summed E-state index contributed by atoms with van der Waals surface area (Å²) < 4.78 is 30.3. The number of aryl methyl sites for hydroxylation is 1. The van der Waals surface area contributed by atoms with E-state index in [-0.39, 0.29) is 5.75 Å². The Morgan fingerprint density at radius 3 is 2.52 bits per heavy atom. The second-order valence-electron chi connectivity index (χ2n) is 4.78. The number of rotatable bonds is 7. The van der Waals surface area contributed by atoms with Gasteiger partial charge in [0, 0.05) is 32.5 Å². The molecule has 0 aliphatic carbocycles. The molecule has 0 saturated heterocycles. The average molecular weight is 296 g/mol. The first-order valence-corrected chi connectivity index (χ1v) is 6.59. The molecule has 1 heterocycles. The first kappa shape index (κ1) is 15.5. The molecule has 1 unspecified atom stereocenters. The number of halogens is 2. The summed E-state index contributed by atoms with van der Waals surface area (Å²) in [7, 11) is 1.95. The van der Waals surface area contributed by atoms with Crippen molar-refractivity contribution in [1.29, 1.82) is 0 Å². The summed E-state index contributed by atoms with van der Waals surface area (Å²) in [5.74, 6) is 0.0817. The van der Waals surface area contributed by atoms with E-state index in [0.29, 0.717) is 18.7 Å². The number of nitrogens with zero attached hydrogens (tertiary/aromatic N) is 1. The van der Waals surface area contributed by atoms with Gasteiger partial charge >= 0.3 is 6.61 Å². The molecule has 0 amide bonds. The van der Waals surface area contributed by atoms with Crippen LogP contribution in [0.4, 0.5) is 8.78 Å². The Hall–Kier alpha value is -1.92. The number of hydrogen-bond acceptors (Lipinski definition) is 3. The maximum absolute atomic E-state index is 12.0. The van der Waals surface area contributed by atoms with Crippen molar-refractivity contribution in [2.45, 2.75) is 19.3 Å². The molecule has 0 aliphatic rings. The van der Waals surface area contributed by atoms with Crippen LogP contribution in [-0.2, 0) is 13.6 Å². The number of alkyl halides is 2. The summed E-state index contributed by atoms with van der Waals surface area (Å²) in [5.41, 5.74) is 1.78. The van der Waals surface area contributed by atoms with Crippen molar-refractivity contribution in [1.82, 2.24) is 9.88 Å². The topological polar surface area (TPSA) is 46.4 Å². The van der Waals surface area contributed by atoms with Crippen molar-refractivity contribution in [3.8, 4) is 5.75 Å². The van der Waals surface area contributed by atoms with Crippen molar-refractivity contribution < 1.29 is 18.6 Å². The molecule has 114 valence electrons. The van der Waals surface area contributed by atoms with Gasteiger partial charge < -0.3 is 19.7 Å². The Kier molecular flexibility index (Phi) is 5.30. The normalized spacial score (nSPS) is 12.6. The SMILES string of the molecule is Cn1ccc(CNCC(O)c2ccc(OC(F)F)cc2)c1. The summed E-state index contributed by atoms with van der Waals surface area (Å²) in [6.45, 7) is -1.80. The largest absolute Gasteiger partial charge is 0.435 e. The van der Waals surface area contributed by atoms with Crippen LogP contribution in [0.3, 0.4) is 0 Å². The summed E-state index contributed by atoms with van der Waals surface area (Å²) in [5, 5.41) is 13.2. The third-order valence-corrected chi connectivity index (χ3v) is 3.05. The van der Waals surface area contributed by atoms with E-state index < -0.39 is 12.7 Å². The predicted octanol–water partition coefficient (Wildman–Crippen LogP) is 2.45. The minimum Gasteiger partial charge on any atom is -0.435 e. The molecule has 0 fully saturated rings. The summed E-state index contributed by atoms with van der Waals surface area (Å²) in [6, 6.07) is 7.98. The van der Waals surface area contributed by atoms with Crippen LogP contribution in [0.1, 0.15) is 17.2 Å². The Balaban J connectivity index is 1.81.